The van der Waals surface area contributed by atoms with E-state index in [0.29, 0.717) is 17.9 Å². The van der Waals surface area contributed by atoms with E-state index in [1.54, 1.807) is 19.0 Å². The van der Waals surface area contributed by atoms with E-state index in [1.807, 2.05) is 4.90 Å². The molecule has 170 valence electrons. The second-order valence-electron chi connectivity index (χ2n) is 9.15. The number of likely N-dealkylation sites (N-methyl/N-ethyl adjacent to an activating group) is 2. The molecule has 0 aromatic carbocycles. The molecule has 1 saturated carbocycles. The number of carbonyl (C=O) groups excluding carboxylic acids is 2. The number of guanidine groups is 1. The third-order valence-corrected chi connectivity index (χ3v) is 6.83. The molecule has 8 heteroatoms. The second-order valence-corrected chi connectivity index (χ2v) is 9.15. The number of hydrogen-bond acceptors (Lipinski definition) is 4. The van der Waals surface area contributed by atoms with Gasteiger partial charge in [-0.25, -0.2) is 4.99 Å². The molecule has 0 aromatic heterocycles. The predicted octanol–water partition coefficient (Wildman–Crippen LogP) is 0.885. The third kappa shape index (κ3) is 6.09. The molecule has 0 spiro atoms. The first-order valence-electron chi connectivity index (χ1n) is 11.8. The SMILES string of the molecule is CCN1CCCC1CNC(=NCC(=O)N(C)C)NC1CCN(C(=O)C2CCCC2)C1. The molecule has 0 aromatic rings. The van der Waals surface area contributed by atoms with Gasteiger partial charge in [0.2, 0.25) is 11.8 Å². The minimum atomic E-state index is -0.0170. The predicted molar refractivity (Wildman–Crippen MR) is 119 cm³/mol. The average molecular weight is 421 g/mol. The highest BCUT2D eigenvalue weighted by Crippen LogP contribution is 2.27. The fourth-order valence-electron chi connectivity index (χ4n) is 4.90. The Kier molecular flexibility index (Phi) is 8.36. The summed E-state index contributed by atoms with van der Waals surface area (Å²) in [6, 6.07) is 0.692. The van der Waals surface area contributed by atoms with Crippen molar-refractivity contribution in [1.29, 1.82) is 0 Å². The Hall–Kier alpha value is -1.83. The highest BCUT2D eigenvalue weighted by atomic mass is 16.2. The first kappa shape index (κ1) is 22.8. The van der Waals surface area contributed by atoms with Gasteiger partial charge in [0.15, 0.2) is 5.96 Å². The molecule has 2 saturated heterocycles. The van der Waals surface area contributed by atoms with Gasteiger partial charge in [0.05, 0.1) is 0 Å². The molecular formula is C22H40N6O2. The minimum Gasteiger partial charge on any atom is -0.355 e. The molecule has 30 heavy (non-hydrogen) atoms. The van der Waals surface area contributed by atoms with Crippen LogP contribution in [0.15, 0.2) is 4.99 Å². The van der Waals surface area contributed by atoms with Crippen LogP contribution in [0, 0.1) is 5.92 Å². The van der Waals surface area contributed by atoms with Crippen LogP contribution in [0.25, 0.3) is 0 Å². The van der Waals surface area contributed by atoms with Gasteiger partial charge in [0, 0.05) is 51.7 Å². The number of hydrogen-bond donors (Lipinski definition) is 2. The van der Waals surface area contributed by atoms with Gasteiger partial charge in [-0.3, -0.25) is 14.5 Å². The molecule has 0 radical (unpaired) electrons. The lowest BCUT2D eigenvalue weighted by Crippen LogP contribution is -2.49. The van der Waals surface area contributed by atoms with E-state index >= 15 is 0 Å². The van der Waals surface area contributed by atoms with Crippen molar-refractivity contribution in [2.24, 2.45) is 10.9 Å². The Bertz CT molecular complexity index is 617. The molecule has 2 aliphatic heterocycles. The van der Waals surface area contributed by atoms with Gasteiger partial charge >= 0.3 is 0 Å². The Balaban J connectivity index is 1.55. The number of carbonyl (C=O) groups is 2. The quantitative estimate of drug-likeness (QED) is 0.472. The molecule has 3 rings (SSSR count). The van der Waals surface area contributed by atoms with Gasteiger partial charge in [0.25, 0.3) is 0 Å². The van der Waals surface area contributed by atoms with Crippen LogP contribution in [0.5, 0.6) is 0 Å². The summed E-state index contributed by atoms with van der Waals surface area (Å²) in [5.74, 6) is 1.23. The van der Waals surface area contributed by atoms with Crippen LogP contribution in [-0.2, 0) is 9.59 Å². The van der Waals surface area contributed by atoms with Gasteiger partial charge in [-0.1, -0.05) is 19.8 Å². The molecule has 3 aliphatic rings. The molecule has 2 amide bonds. The molecule has 2 N–H and O–H groups in total. The van der Waals surface area contributed by atoms with Crippen LogP contribution in [0.2, 0.25) is 0 Å². The highest BCUT2D eigenvalue weighted by Gasteiger charge is 2.32. The lowest BCUT2D eigenvalue weighted by atomic mass is 10.1. The lowest BCUT2D eigenvalue weighted by molar-refractivity contribution is -0.134. The van der Waals surface area contributed by atoms with Crippen molar-refractivity contribution >= 4 is 17.8 Å². The normalized spacial score (nSPS) is 25.7. The topological polar surface area (TPSA) is 80.3 Å². The van der Waals surface area contributed by atoms with Crippen LogP contribution in [0.1, 0.15) is 51.9 Å². The summed E-state index contributed by atoms with van der Waals surface area (Å²) in [4.78, 5) is 35.4. The zero-order chi connectivity index (χ0) is 21.5. The van der Waals surface area contributed by atoms with Crippen LogP contribution in [-0.4, -0.2) is 97.9 Å². The minimum absolute atomic E-state index is 0.0170. The molecule has 2 atom stereocenters. The van der Waals surface area contributed by atoms with E-state index in [4.69, 9.17) is 0 Å². The number of amides is 2. The Morgan fingerprint density at radius 2 is 1.83 bits per heavy atom. The van der Waals surface area contributed by atoms with Crippen molar-refractivity contribution in [2.45, 2.75) is 64.0 Å². The van der Waals surface area contributed by atoms with Crippen molar-refractivity contribution in [1.82, 2.24) is 25.3 Å². The number of nitrogens with one attached hydrogen (secondary N) is 2. The lowest BCUT2D eigenvalue weighted by Gasteiger charge is -2.25. The molecule has 1 aliphatic carbocycles. The van der Waals surface area contributed by atoms with Gasteiger partial charge in [-0.05, 0) is 45.2 Å². The number of rotatable bonds is 7. The summed E-state index contributed by atoms with van der Waals surface area (Å²) in [6.45, 7) is 6.91. The van der Waals surface area contributed by atoms with Crippen molar-refractivity contribution in [3.8, 4) is 0 Å². The molecule has 2 heterocycles. The largest absolute Gasteiger partial charge is 0.355 e. The average Bonchev–Trinajstić information content (AvgIpc) is 3.50. The van der Waals surface area contributed by atoms with E-state index in [9.17, 15) is 9.59 Å². The number of nitrogens with zero attached hydrogens (tertiary/aromatic N) is 4. The summed E-state index contributed by atoms with van der Waals surface area (Å²) in [5.41, 5.74) is 0. The zero-order valence-corrected chi connectivity index (χ0v) is 19.0. The van der Waals surface area contributed by atoms with Crippen LogP contribution < -0.4 is 10.6 Å². The second kappa shape index (κ2) is 11.0. The summed E-state index contributed by atoms with van der Waals surface area (Å²) in [7, 11) is 3.50. The number of aliphatic imine (C=N–C) groups is 1. The first-order valence-corrected chi connectivity index (χ1v) is 11.8. The molecule has 8 nitrogen and oxygen atoms in total. The monoisotopic (exact) mass is 420 g/mol. The Morgan fingerprint density at radius 1 is 1.07 bits per heavy atom. The van der Waals surface area contributed by atoms with E-state index < -0.39 is 0 Å². The van der Waals surface area contributed by atoms with Crippen LogP contribution >= 0.6 is 0 Å². The maximum absolute atomic E-state index is 12.7. The van der Waals surface area contributed by atoms with E-state index in [-0.39, 0.29) is 24.4 Å². The van der Waals surface area contributed by atoms with E-state index in [1.165, 1.54) is 25.7 Å². The summed E-state index contributed by atoms with van der Waals surface area (Å²) in [5, 5.41) is 6.97. The van der Waals surface area contributed by atoms with E-state index in [0.717, 1.165) is 52.0 Å². The Labute approximate surface area is 181 Å². The maximum Gasteiger partial charge on any atom is 0.243 e. The van der Waals surface area contributed by atoms with Gasteiger partial charge in [-0.15, -0.1) is 0 Å². The van der Waals surface area contributed by atoms with Crippen molar-refractivity contribution in [3.05, 3.63) is 0 Å². The van der Waals surface area contributed by atoms with Gasteiger partial charge < -0.3 is 20.4 Å². The third-order valence-electron chi connectivity index (χ3n) is 6.83. The fourth-order valence-corrected chi connectivity index (χ4v) is 4.90. The van der Waals surface area contributed by atoms with Crippen molar-refractivity contribution in [3.63, 3.8) is 0 Å². The van der Waals surface area contributed by atoms with Crippen molar-refractivity contribution in [2.75, 3.05) is 53.4 Å². The standard InChI is InChI=1S/C22H40N6O2/c1-4-27-12-7-10-19(27)14-23-22(24-15-20(29)26(2)3)25-18-11-13-28(16-18)21(30)17-8-5-6-9-17/h17-19H,4-16H2,1-3H3,(H2,23,24,25). The summed E-state index contributed by atoms with van der Waals surface area (Å²) >= 11 is 0. The molecular weight excluding hydrogens is 380 g/mol. The van der Waals surface area contributed by atoms with Crippen LogP contribution in [0.4, 0.5) is 0 Å². The summed E-state index contributed by atoms with van der Waals surface area (Å²) < 4.78 is 0. The van der Waals surface area contributed by atoms with Crippen LogP contribution in [0.3, 0.4) is 0 Å². The smallest absolute Gasteiger partial charge is 0.243 e. The molecule has 0 bridgehead atoms. The maximum atomic E-state index is 12.7. The van der Waals surface area contributed by atoms with Gasteiger partial charge in [0.1, 0.15) is 6.54 Å². The summed E-state index contributed by atoms with van der Waals surface area (Å²) in [6.07, 6.45) is 7.81. The van der Waals surface area contributed by atoms with Crippen molar-refractivity contribution < 1.29 is 9.59 Å². The molecule has 2 unspecified atom stereocenters. The zero-order valence-electron chi connectivity index (χ0n) is 19.0. The number of likely N-dealkylation sites (tertiary alicyclic amines) is 2. The molecule has 3 fully saturated rings. The Morgan fingerprint density at radius 3 is 2.53 bits per heavy atom. The fraction of sp³-hybridized carbons (Fsp3) is 0.864. The first-order chi connectivity index (χ1) is 14.5. The van der Waals surface area contributed by atoms with Gasteiger partial charge in [-0.2, -0.15) is 0 Å². The highest BCUT2D eigenvalue weighted by molar-refractivity contribution is 5.85. The van der Waals surface area contributed by atoms with E-state index in [2.05, 4.69) is 27.4 Å².